The molecular weight excluding hydrogens is 260 g/mol. The van der Waals surface area contributed by atoms with Crippen LogP contribution >= 0.6 is 11.6 Å². The molecule has 0 aromatic rings. The minimum atomic E-state index is -5.30. The summed E-state index contributed by atoms with van der Waals surface area (Å²) < 4.78 is 93.8. The molecule has 0 atom stereocenters. The molecule has 90 valence electrons. The molecule has 0 aromatic heterocycles. The molecule has 0 aliphatic heterocycles. The topological polar surface area (TPSA) is 0 Å². The summed E-state index contributed by atoms with van der Waals surface area (Å²) in [6.07, 6.45) is -14.3. The second-order valence-corrected chi connectivity index (χ2v) is 2.94. The third-order valence-corrected chi connectivity index (χ3v) is 1.45. The van der Waals surface area contributed by atoms with Gasteiger partial charge in [-0.2, -0.15) is 35.1 Å². The number of allylic oxidation sites excluding steroid dienone is 2. The molecular formula is C6H3ClF8. The minimum Gasteiger partial charge on any atom is -0.200 e. The van der Waals surface area contributed by atoms with Gasteiger partial charge in [0.2, 0.25) is 0 Å². The summed E-state index contributed by atoms with van der Waals surface area (Å²) >= 11 is 4.45. The van der Waals surface area contributed by atoms with Crippen LogP contribution in [0.15, 0.2) is 11.1 Å². The minimum absolute atomic E-state index is 1.07. The van der Waals surface area contributed by atoms with Gasteiger partial charge in [-0.05, 0) is 0 Å². The van der Waals surface area contributed by atoms with E-state index in [4.69, 9.17) is 0 Å². The van der Waals surface area contributed by atoms with Crippen LogP contribution in [-0.4, -0.2) is 18.3 Å². The molecule has 0 fully saturated rings. The van der Waals surface area contributed by atoms with E-state index < -0.39 is 35.8 Å². The molecule has 0 aromatic carbocycles. The number of alkyl halides is 8. The van der Waals surface area contributed by atoms with Crippen LogP contribution in [0.1, 0.15) is 6.42 Å². The quantitative estimate of drug-likeness (QED) is 0.652. The average molecular weight is 263 g/mol. The molecule has 0 saturated heterocycles. The standard InChI is InChI=1S/C6H3ClF8/c7-3(1-5(10,11)12)4(8,9)2-6(13,14)15/h1H,2H2/b3-1-. The first kappa shape index (κ1) is 14.5. The molecule has 0 spiro atoms. The van der Waals surface area contributed by atoms with Crippen molar-refractivity contribution in [2.24, 2.45) is 0 Å². The largest absolute Gasteiger partial charge is 0.411 e. The Morgan fingerprint density at radius 2 is 1.33 bits per heavy atom. The van der Waals surface area contributed by atoms with Gasteiger partial charge < -0.3 is 0 Å². The summed E-state index contributed by atoms with van der Waals surface area (Å²) in [7, 11) is 0. The summed E-state index contributed by atoms with van der Waals surface area (Å²) in [5.41, 5.74) is 0. The highest BCUT2D eigenvalue weighted by Crippen LogP contribution is 2.39. The van der Waals surface area contributed by atoms with Crippen LogP contribution in [0.5, 0.6) is 0 Å². The maximum absolute atomic E-state index is 12.4. The van der Waals surface area contributed by atoms with Crippen molar-refractivity contribution in [3.63, 3.8) is 0 Å². The Bertz CT molecular complexity index is 247. The maximum atomic E-state index is 12.4. The lowest BCUT2D eigenvalue weighted by Gasteiger charge is -2.17. The lowest BCUT2D eigenvalue weighted by Crippen LogP contribution is -2.27. The highest BCUT2D eigenvalue weighted by atomic mass is 35.5. The zero-order chi connectivity index (χ0) is 12.5. The Morgan fingerprint density at radius 1 is 0.933 bits per heavy atom. The molecule has 0 aliphatic rings. The second kappa shape index (κ2) is 4.15. The molecule has 9 heteroatoms. The summed E-state index contributed by atoms with van der Waals surface area (Å²) in [6, 6.07) is 0. The zero-order valence-electron chi connectivity index (χ0n) is 6.69. The predicted molar refractivity (Wildman–Crippen MR) is 35.6 cm³/mol. The van der Waals surface area contributed by atoms with Crippen LogP contribution in [0, 0.1) is 0 Å². The molecule has 0 saturated carbocycles. The van der Waals surface area contributed by atoms with Gasteiger partial charge in [0, 0.05) is 6.08 Å². The van der Waals surface area contributed by atoms with E-state index in [2.05, 4.69) is 11.6 Å². The van der Waals surface area contributed by atoms with Crippen molar-refractivity contribution in [2.45, 2.75) is 24.7 Å². The Morgan fingerprint density at radius 3 is 1.60 bits per heavy atom. The van der Waals surface area contributed by atoms with Gasteiger partial charge in [0.1, 0.15) is 6.42 Å². The van der Waals surface area contributed by atoms with Gasteiger partial charge in [0.15, 0.2) is 0 Å². The number of rotatable bonds is 2. The number of hydrogen-bond donors (Lipinski definition) is 0. The lowest BCUT2D eigenvalue weighted by molar-refractivity contribution is -0.177. The van der Waals surface area contributed by atoms with E-state index >= 15 is 0 Å². The van der Waals surface area contributed by atoms with Crippen LogP contribution in [-0.2, 0) is 0 Å². The van der Waals surface area contributed by atoms with E-state index in [1.165, 1.54) is 0 Å². The Kier molecular flexibility index (Phi) is 4.00. The molecule has 0 rings (SSSR count). The smallest absolute Gasteiger partial charge is 0.200 e. The van der Waals surface area contributed by atoms with Gasteiger partial charge >= 0.3 is 12.4 Å². The van der Waals surface area contributed by atoms with Gasteiger partial charge in [-0.3, -0.25) is 0 Å². The Labute approximate surface area is 83.5 Å². The second-order valence-electron chi connectivity index (χ2n) is 2.53. The Hall–Kier alpha value is -0.530. The third kappa shape index (κ3) is 6.53. The van der Waals surface area contributed by atoms with Crippen molar-refractivity contribution < 1.29 is 35.1 Å². The number of halogens is 9. The van der Waals surface area contributed by atoms with E-state index in [1.54, 1.807) is 0 Å². The fourth-order valence-electron chi connectivity index (χ4n) is 0.585. The van der Waals surface area contributed by atoms with Crippen molar-refractivity contribution >= 4 is 11.6 Å². The first-order valence-corrected chi connectivity index (χ1v) is 3.61. The van der Waals surface area contributed by atoms with Gasteiger partial charge in [0.25, 0.3) is 5.92 Å². The molecule has 0 aliphatic carbocycles. The van der Waals surface area contributed by atoms with Crippen molar-refractivity contribution in [1.82, 2.24) is 0 Å². The Balaban J connectivity index is 4.82. The van der Waals surface area contributed by atoms with Crippen LogP contribution in [0.25, 0.3) is 0 Å². The zero-order valence-corrected chi connectivity index (χ0v) is 7.44. The van der Waals surface area contributed by atoms with Crippen LogP contribution in [0.4, 0.5) is 35.1 Å². The highest BCUT2D eigenvalue weighted by molar-refractivity contribution is 6.30. The highest BCUT2D eigenvalue weighted by Gasteiger charge is 2.47. The van der Waals surface area contributed by atoms with E-state index in [0.29, 0.717) is 0 Å². The first-order valence-electron chi connectivity index (χ1n) is 3.24. The van der Waals surface area contributed by atoms with Gasteiger partial charge in [-0.25, -0.2) is 0 Å². The molecule has 0 bridgehead atoms. The molecule has 0 radical (unpaired) electrons. The normalized spacial score (nSPS) is 15.7. The van der Waals surface area contributed by atoms with Crippen LogP contribution in [0.3, 0.4) is 0 Å². The molecule has 15 heavy (non-hydrogen) atoms. The third-order valence-electron chi connectivity index (χ3n) is 1.06. The SMILES string of the molecule is FC(F)(F)/C=C(\Cl)C(F)(F)CC(F)(F)F. The van der Waals surface area contributed by atoms with Crippen LogP contribution < -0.4 is 0 Å². The molecule has 0 amide bonds. The van der Waals surface area contributed by atoms with Crippen molar-refractivity contribution in [2.75, 3.05) is 0 Å². The molecule has 0 N–H and O–H groups in total. The summed E-state index contributed by atoms with van der Waals surface area (Å²) in [6.45, 7) is 0. The lowest BCUT2D eigenvalue weighted by atomic mass is 10.2. The molecule has 0 unspecified atom stereocenters. The predicted octanol–water partition coefficient (Wildman–Crippen LogP) is 4.26. The summed E-state index contributed by atoms with van der Waals surface area (Å²) in [5, 5.41) is -2.19. The van der Waals surface area contributed by atoms with Gasteiger partial charge in [-0.15, -0.1) is 0 Å². The van der Waals surface area contributed by atoms with Crippen molar-refractivity contribution in [1.29, 1.82) is 0 Å². The summed E-state index contributed by atoms with van der Waals surface area (Å²) in [4.78, 5) is 0. The molecule has 0 heterocycles. The van der Waals surface area contributed by atoms with E-state index in [-0.39, 0.29) is 0 Å². The van der Waals surface area contributed by atoms with Gasteiger partial charge in [0.05, 0.1) is 5.03 Å². The van der Waals surface area contributed by atoms with Crippen LogP contribution in [0.2, 0.25) is 0 Å². The van der Waals surface area contributed by atoms with E-state index in [0.717, 1.165) is 0 Å². The van der Waals surface area contributed by atoms with E-state index in [1.807, 2.05) is 0 Å². The monoisotopic (exact) mass is 262 g/mol. The fourth-order valence-corrected chi connectivity index (χ4v) is 0.776. The van der Waals surface area contributed by atoms with Crippen molar-refractivity contribution in [3.05, 3.63) is 11.1 Å². The van der Waals surface area contributed by atoms with Gasteiger partial charge in [-0.1, -0.05) is 11.6 Å². The van der Waals surface area contributed by atoms with E-state index in [9.17, 15) is 35.1 Å². The summed E-state index contributed by atoms with van der Waals surface area (Å²) in [5.74, 6) is -4.77. The average Bonchev–Trinajstić information content (AvgIpc) is 1.75. The van der Waals surface area contributed by atoms with Crippen molar-refractivity contribution in [3.8, 4) is 0 Å². The number of hydrogen-bond acceptors (Lipinski definition) is 0. The first-order chi connectivity index (χ1) is 6.33. The molecule has 0 nitrogen and oxygen atoms in total. The fraction of sp³-hybridized carbons (Fsp3) is 0.667. The maximum Gasteiger partial charge on any atom is 0.411 e.